The molecule has 3 saturated carbocycles. The van der Waals surface area contributed by atoms with E-state index in [-0.39, 0.29) is 0 Å². The Morgan fingerprint density at radius 3 is 2.10 bits per heavy atom. The van der Waals surface area contributed by atoms with E-state index in [1.165, 1.54) is 57.8 Å². The Bertz CT molecular complexity index is 351. The van der Waals surface area contributed by atoms with Crippen LogP contribution in [0.3, 0.4) is 0 Å². The first-order chi connectivity index (χ1) is 10.0. The van der Waals surface area contributed by atoms with Gasteiger partial charge in [0.25, 0.3) is 0 Å². The standard InChI is InChI=1S/C21H38/c1-5-16-10-11-19-17(6-2)18(12-15-21(16,19)4)20(3)13-8-7-9-14-20/h16-19H,5-15H2,1-4H3. The second-order valence-corrected chi connectivity index (χ2v) is 9.23. The molecule has 0 radical (unpaired) electrons. The summed E-state index contributed by atoms with van der Waals surface area (Å²) in [5.74, 6) is 4.14. The molecule has 21 heavy (non-hydrogen) atoms. The maximum absolute atomic E-state index is 2.67. The van der Waals surface area contributed by atoms with Gasteiger partial charge >= 0.3 is 0 Å². The lowest BCUT2D eigenvalue weighted by atomic mass is 9.50. The average molecular weight is 291 g/mol. The molecular weight excluding hydrogens is 252 g/mol. The molecule has 3 aliphatic carbocycles. The summed E-state index contributed by atoms with van der Waals surface area (Å²) >= 11 is 0. The predicted molar refractivity (Wildman–Crippen MR) is 92.3 cm³/mol. The summed E-state index contributed by atoms with van der Waals surface area (Å²) in [4.78, 5) is 0. The largest absolute Gasteiger partial charge is 0.0651 e. The van der Waals surface area contributed by atoms with Gasteiger partial charge in [-0.3, -0.25) is 0 Å². The van der Waals surface area contributed by atoms with Gasteiger partial charge in [-0.05, 0) is 73.0 Å². The summed E-state index contributed by atoms with van der Waals surface area (Å²) in [6.07, 6.45) is 16.6. The van der Waals surface area contributed by atoms with Crippen molar-refractivity contribution in [2.75, 3.05) is 0 Å². The number of fused-ring (bicyclic) bond motifs is 1. The lowest BCUT2D eigenvalue weighted by molar-refractivity contribution is -0.0535. The van der Waals surface area contributed by atoms with Crippen molar-refractivity contribution < 1.29 is 0 Å². The third kappa shape index (κ3) is 2.49. The molecule has 3 aliphatic rings. The normalized spacial score (nSPS) is 46.3. The van der Waals surface area contributed by atoms with E-state index >= 15 is 0 Å². The van der Waals surface area contributed by atoms with Gasteiger partial charge in [0.2, 0.25) is 0 Å². The van der Waals surface area contributed by atoms with E-state index in [1.54, 1.807) is 12.8 Å². The highest BCUT2D eigenvalue weighted by Crippen LogP contribution is 2.64. The Morgan fingerprint density at radius 1 is 0.762 bits per heavy atom. The molecule has 5 atom stereocenters. The van der Waals surface area contributed by atoms with Crippen molar-refractivity contribution in [3.8, 4) is 0 Å². The van der Waals surface area contributed by atoms with Gasteiger partial charge in [0.15, 0.2) is 0 Å². The molecule has 0 aromatic heterocycles. The highest BCUT2D eigenvalue weighted by molar-refractivity contribution is 5.04. The lowest BCUT2D eigenvalue weighted by Crippen LogP contribution is -2.46. The molecule has 0 aromatic rings. The Morgan fingerprint density at radius 2 is 1.48 bits per heavy atom. The first-order valence-electron chi connectivity index (χ1n) is 10.0. The number of hydrogen-bond acceptors (Lipinski definition) is 0. The second kappa shape index (κ2) is 5.89. The average Bonchev–Trinajstić information content (AvgIpc) is 2.83. The predicted octanol–water partition coefficient (Wildman–Crippen LogP) is 6.84. The van der Waals surface area contributed by atoms with Crippen molar-refractivity contribution in [3.63, 3.8) is 0 Å². The summed E-state index contributed by atoms with van der Waals surface area (Å²) in [6.45, 7) is 10.3. The molecule has 122 valence electrons. The Hall–Kier alpha value is 0. The minimum Gasteiger partial charge on any atom is -0.0651 e. The highest BCUT2D eigenvalue weighted by Gasteiger charge is 2.55. The van der Waals surface area contributed by atoms with Crippen molar-refractivity contribution in [1.29, 1.82) is 0 Å². The third-order valence-corrected chi connectivity index (χ3v) is 8.49. The first kappa shape index (κ1) is 15.9. The van der Waals surface area contributed by atoms with Crippen molar-refractivity contribution in [1.82, 2.24) is 0 Å². The third-order valence-electron chi connectivity index (χ3n) is 8.49. The molecule has 0 spiro atoms. The van der Waals surface area contributed by atoms with Crippen molar-refractivity contribution in [2.45, 2.75) is 98.3 Å². The fraction of sp³-hybridized carbons (Fsp3) is 1.00. The summed E-state index contributed by atoms with van der Waals surface area (Å²) in [7, 11) is 0. The van der Waals surface area contributed by atoms with Gasteiger partial charge in [-0.25, -0.2) is 0 Å². The van der Waals surface area contributed by atoms with Gasteiger partial charge in [0.1, 0.15) is 0 Å². The zero-order chi connectivity index (χ0) is 15.1. The molecule has 0 saturated heterocycles. The van der Waals surface area contributed by atoms with Crippen LogP contribution in [0.15, 0.2) is 0 Å². The van der Waals surface area contributed by atoms with Gasteiger partial charge in [0.05, 0.1) is 0 Å². The zero-order valence-corrected chi connectivity index (χ0v) is 15.1. The maximum Gasteiger partial charge on any atom is -0.0266 e. The quantitative estimate of drug-likeness (QED) is 0.534. The Labute approximate surface area is 133 Å². The van der Waals surface area contributed by atoms with Crippen LogP contribution in [0.2, 0.25) is 0 Å². The minimum absolute atomic E-state index is 0.685. The van der Waals surface area contributed by atoms with Crippen LogP contribution in [0.5, 0.6) is 0 Å². The second-order valence-electron chi connectivity index (χ2n) is 9.23. The molecule has 0 aliphatic heterocycles. The number of hydrogen-bond donors (Lipinski definition) is 0. The van der Waals surface area contributed by atoms with E-state index in [2.05, 4.69) is 27.7 Å². The first-order valence-corrected chi connectivity index (χ1v) is 10.0. The van der Waals surface area contributed by atoms with Crippen LogP contribution >= 0.6 is 0 Å². The monoisotopic (exact) mass is 290 g/mol. The number of rotatable bonds is 3. The SMILES string of the molecule is CCC1C(C2(C)CCCCC2)CCC2(C)C(CC)CCC12. The summed E-state index contributed by atoms with van der Waals surface area (Å²) < 4.78 is 0. The maximum atomic E-state index is 2.67. The van der Waals surface area contributed by atoms with Crippen LogP contribution in [0.25, 0.3) is 0 Å². The van der Waals surface area contributed by atoms with Crippen molar-refractivity contribution >= 4 is 0 Å². The highest BCUT2D eigenvalue weighted by atomic mass is 14.6. The summed E-state index contributed by atoms with van der Waals surface area (Å²) in [6, 6.07) is 0. The van der Waals surface area contributed by atoms with Crippen molar-refractivity contribution in [2.24, 2.45) is 34.5 Å². The molecule has 0 amide bonds. The van der Waals surface area contributed by atoms with Crippen LogP contribution in [0.1, 0.15) is 98.3 Å². The van der Waals surface area contributed by atoms with Gasteiger partial charge in [0, 0.05) is 0 Å². The van der Waals surface area contributed by atoms with Crippen LogP contribution < -0.4 is 0 Å². The van der Waals surface area contributed by atoms with Gasteiger partial charge in [-0.1, -0.05) is 59.8 Å². The molecular formula is C21H38. The lowest BCUT2D eigenvalue weighted by Gasteiger charge is -2.55. The molecule has 0 bridgehead atoms. The summed E-state index contributed by atoms with van der Waals surface area (Å²) in [5, 5.41) is 0. The van der Waals surface area contributed by atoms with Gasteiger partial charge in [-0.15, -0.1) is 0 Å². The van der Waals surface area contributed by atoms with Gasteiger partial charge < -0.3 is 0 Å². The van der Waals surface area contributed by atoms with Crippen LogP contribution in [0, 0.1) is 34.5 Å². The Balaban J connectivity index is 1.83. The molecule has 0 aromatic carbocycles. The van der Waals surface area contributed by atoms with E-state index in [0.717, 1.165) is 23.7 Å². The molecule has 3 rings (SSSR count). The summed E-state index contributed by atoms with van der Waals surface area (Å²) in [5.41, 5.74) is 1.38. The van der Waals surface area contributed by atoms with E-state index in [0.29, 0.717) is 10.8 Å². The molecule has 0 nitrogen and oxygen atoms in total. The van der Waals surface area contributed by atoms with Crippen molar-refractivity contribution in [3.05, 3.63) is 0 Å². The molecule has 3 fully saturated rings. The molecule has 0 heteroatoms. The molecule has 5 unspecified atom stereocenters. The fourth-order valence-corrected chi connectivity index (χ4v) is 7.23. The minimum atomic E-state index is 0.685. The zero-order valence-electron chi connectivity index (χ0n) is 15.1. The molecule has 0 N–H and O–H groups in total. The van der Waals surface area contributed by atoms with E-state index < -0.39 is 0 Å². The van der Waals surface area contributed by atoms with E-state index in [9.17, 15) is 0 Å². The van der Waals surface area contributed by atoms with E-state index in [1.807, 2.05) is 0 Å². The van der Waals surface area contributed by atoms with Crippen LogP contribution in [-0.2, 0) is 0 Å². The van der Waals surface area contributed by atoms with E-state index in [4.69, 9.17) is 0 Å². The smallest absolute Gasteiger partial charge is 0.0266 e. The Kier molecular flexibility index (Phi) is 4.46. The van der Waals surface area contributed by atoms with Crippen LogP contribution in [0.4, 0.5) is 0 Å². The van der Waals surface area contributed by atoms with Gasteiger partial charge in [-0.2, -0.15) is 0 Å². The fourth-order valence-electron chi connectivity index (χ4n) is 7.23. The molecule has 0 heterocycles. The van der Waals surface area contributed by atoms with Crippen LogP contribution in [-0.4, -0.2) is 0 Å². The topological polar surface area (TPSA) is 0 Å².